The molecule has 1 aliphatic rings. The van der Waals surface area contributed by atoms with Gasteiger partial charge in [-0.05, 0) is 6.92 Å². The Kier molecular flexibility index (Phi) is 4.71. The van der Waals surface area contributed by atoms with E-state index in [9.17, 15) is 26.7 Å². The van der Waals surface area contributed by atoms with Crippen LogP contribution < -0.4 is 10.1 Å². The van der Waals surface area contributed by atoms with Gasteiger partial charge in [0.25, 0.3) is 0 Å². The number of carbonyl (C=O) groups excluding carboxylic acids is 1. The number of carbonyl (C=O) groups is 1. The fourth-order valence-corrected chi connectivity index (χ4v) is 1.95. The standard InChI is InChI=1S/C13H14F5N3O2/c1-7(13(16,17)18)23-10-2-9(20-6-21-10)5-19-11(22)8-3-12(14,15)4-8/h2,6-8H,3-5H2,1H3,(H,19,22)/t7-/m1/s1. The summed E-state index contributed by atoms with van der Waals surface area (Å²) < 4.78 is 67.2. The summed E-state index contributed by atoms with van der Waals surface area (Å²) in [5, 5.41) is 2.41. The quantitative estimate of drug-likeness (QED) is 0.837. The molecule has 1 fully saturated rings. The minimum absolute atomic E-state index is 0.111. The Bertz CT molecular complexity index is 571. The highest BCUT2D eigenvalue weighted by Crippen LogP contribution is 2.42. The van der Waals surface area contributed by atoms with Crippen molar-refractivity contribution in [1.82, 2.24) is 15.3 Å². The molecule has 0 saturated heterocycles. The van der Waals surface area contributed by atoms with Crippen LogP contribution in [0.25, 0.3) is 0 Å². The lowest BCUT2D eigenvalue weighted by Crippen LogP contribution is -2.44. The number of nitrogens with zero attached hydrogens (tertiary/aromatic N) is 2. The molecule has 0 radical (unpaired) electrons. The fourth-order valence-electron chi connectivity index (χ4n) is 1.95. The maximum absolute atomic E-state index is 12.7. The van der Waals surface area contributed by atoms with Gasteiger partial charge in [0.2, 0.25) is 17.7 Å². The molecular weight excluding hydrogens is 325 g/mol. The predicted octanol–water partition coefficient (Wildman–Crippen LogP) is 2.47. The number of ether oxygens (including phenoxy) is 1. The lowest BCUT2D eigenvalue weighted by atomic mass is 9.81. The molecule has 1 heterocycles. The number of amides is 1. The molecule has 0 bridgehead atoms. The third-order valence-electron chi connectivity index (χ3n) is 3.36. The zero-order valence-electron chi connectivity index (χ0n) is 12.0. The van der Waals surface area contributed by atoms with Crippen LogP contribution in [0.5, 0.6) is 5.88 Å². The van der Waals surface area contributed by atoms with Crippen LogP contribution in [0.4, 0.5) is 22.0 Å². The molecule has 1 atom stereocenters. The first kappa shape index (κ1) is 17.4. The van der Waals surface area contributed by atoms with Crippen LogP contribution in [0.2, 0.25) is 0 Å². The second-order valence-corrected chi connectivity index (χ2v) is 5.33. The van der Waals surface area contributed by atoms with Crippen LogP contribution in [0.15, 0.2) is 12.4 Å². The average molecular weight is 339 g/mol. The maximum Gasteiger partial charge on any atom is 0.425 e. The summed E-state index contributed by atoms with van der Waals surface area (Å²) in [6.45, 7) is 0.723. The molecule has 0 aliphatic heterocycles. The molecule has 1 saturated carbocycles. The zero-order chi connectivity index (χ0) is 17.3. The highest BCUT2D eigenvalue weighted by molar-refractivity contribution is 5.79. The van der Waals surface area contributed by atoms with E-state index in [2.05, 4.69) is 20.0 Å². The normalized spacial score (nSPS) is 18.9. The highest BCUT2D eigenvalue weighted by Gasteiger charge is 2.48. The number of nitrogens with one attached hydrogen (secondary N) is 1. The minimum Gasteiger partial charge on any atom is -0.465 e. The van der Waals surface area contributed by atoms with Crippen molar-refractivity contribution in [2.45, 2.75) is 44.5 Å². The number of halogens is 5. The second kappa shape index (κ2) is 6.25. The van der Waals surface area contributed by atoms with E-state index in [0.717, 1.165) is 19.3 Å². The molecule has 0 spiro atoms. The Labute approximate surface area is 128 Å². The molecule has 1 aromatic heterocycles. The number of alkyl halides is 5. The van der Waals surface area contributed by atoms with Crippen LogP contribution in [-0.2, 0) is 11.3 Å². The summed E-state index contributed by atoms with van der Waals surface area (Å²) in [4.78, 5) is 18.9. The van der Waals surface area contributed by atoms with Gasteiger partial charge in [-0.3, -0.25) is 4.79 Å². The first-order valence-electron chi connectivity index (χ1n) is 6.77. The van der Waals surface area contributed by atoms with E-state index < -0.39 is 42.9 Å². The van der Waals surface area contributed by atoms with E-state index in [1.807, 2.05) is 0 Å². The molecule has 2 rings (SSSR count). The Morgan fingerprint density at radius 3 is 2.65 bits per heavy atom. The van der Waals surface area contributed by atoms with E-state index >= 15 is 0 Å². The van der Waals surface area contributed by atoms with Gasteiger partial charge >= 0.3 is 6.18 Å². The van der Waals surface area contributed by atoms with Gasteiger partial charge in [-0.2, -0.15) is 13.2 Å². The summed E-state index contributed by atoms with van der Waals surface area (Å²) in [6.07, 6.45) is -6.58. The van der Waals surface area contributed by atoms with E-state index in [0.29, 0.717) is 0 Å². The molecule has 1 amide bonds. The third kappa shape index (κ3) is 4.73. The van der Waals surface area contributed by atoms with Crippen LogP contribution in [0.1, 0.15) is 25.5 Å². The van der Waals surface area contributed by atoms with Crippen molar-refractivity contribution in [1.29, 1.82) is 0 Å². The monoisotopic (exact) mass is 339 g/mol. The molecule has 23 heavy (non-hydrogen) atoms. The van der Waals surface area contributed by atoms with Crippen molar-refractivity contribution in [2.75, 3.05) is 0 Å². The van der Waals surface area contributed by atoms with Crippen LogP contribution in [0.3, 0.4) is 0 Å². The van der Waals surface area contributed by atoms with Crippen molar-refractivity contribution in [3.63, 3.8) is 0 Å². The molecule has 1 aliphatic carbocycles. The molecule has 1 aromatic rings. The molecule has 1 N–H and O–H groups in total. The van der Waals surface area contributed by atoms with Crippen LogP contribution >= 0.6 is 0 Å². The predicted molar refractivity (Wildman–Crippen MR) is 67.7 cm³/mol. The largest absolute Gasteiger partial charge is 0.465 e. The van der Waals surface area contributed by atoms with Gasteiger partial charge in [-0.25, -0.2) is 18.7 Å². The van der Waals surface area contributed by atoms with Crippen molar-refractivity contribution >= 4 is 5.91 Å². The second-order valence-electron chi connectivity index (χ2n) is 5.33. The van der Waals surface area contributed by atoms with Gasteiger partial charge in [-0.1, -0.05) is 0 Å². The SMILES string of the molecule is C[C@@H](Oc1cc(CNC(=O)C2CC(F)(F)C2)ncn1)C(F)(F)F. The van der Waals surface area contributed by atoms with Gasteiger partial charge < -0.3 is 10.1 Å². The van der Waals surface area contributed by atoms with E-state index in [1.165, 1.54) is 0 Å². The molecule has 128 valence electrons. The molecule has 0 unspecified atom stereocenters. The smallest absolute Gasteiger partial charge is 0.425 e. The van der Waals surface area contributed by atoms with Gasteiger partial charge in [0.05, 0.1) is 12.2 Å². The first-order chi connectivity index (χ1) is 10.6. The van der Waals surface area contributed by atoms with E-state index in [4.69, 9.17) is 0 Å². The summed E-state index contributed by atoms with van der Waals surface area (Å²) in [5.41, 5.74) is 0.212. The van der Waals surface area contributed by atoms with Crippen molar-refractivity contribution in [2.24, 2.45) is 5.92 Å². The zero-order valence-corrected chi connectivity index (χ0v) is 12.0. The lowest BCUT2D eigenvalue weighted by Gasteiger charge is -2.33. The molecule has 5 nitrogen and oxygen atoms in total. The summed E-state index contributed by atoms with van der Waals surface area (Å²) in [7, 11) is 0. The first-order valence-corrected chi connectivity index (χ1v) is 6.77. The molecule has 10 heteroatoms. The Morgan fingerprint density at radius 2 is 2.09 bits per heavy atom. The minimum atomic E-state index is -4.53. The highest BCUT2D eigenvalue weighted by atomic mass is 19.4. The van der Waals surface area contributed by atoms with Crippen molar-refractivity contribution in [3.05, 3.63) is 18.1 Å². The average Bonchev–Trinajstić information content (AvgIpc) is 2.41. The van der Waals surface area contributed by atoms with Gasteiger partial charge in [0.15, 0.2) is 6.10 Å². The Hall–Kier alpha value is -2.00. The summed E-state index contributed by atoms with van der Waals surface area (Å²) in [5.74, 6) is -4.39. The number of aromatic nitrogens is 2. The topological polar surface area (TPSA) is 64.1 Å². The molecular formula is C13H14F5N3O2. The van der Waals surface area contributed by atoms with Gasteiger partial charge in [0, 0.05) is 24.8 Å². The van der Waals surface area contributed by atoms with Crippen LogP contribution in [-0.4, -0.2) is 34.1 Å². The number of hydrogen-bond acceptors (Lipinski definition) is 4. The van der Waals surface area contributed by atoms with Gasteiger partial charge in [0.1, 0.15) is 6.33 Å². The summed E-state index contributed by atoms with van der Waals surface area (Å²) in [6, 6.07) is 1.15. The van der Waals surface area contributed by atoms with E-state index in [1.54, 1.807) is 0 Å². The maximum atomic E-state index is 12.7. The third-order valence-corrected chi connectivity index (χ3v) is 3.36. The van der Waals surface area contributed by atoms with Gasteiger partial charge in [-0.15, -0.1) is 0 Å². The van der Waals surface area contributed by atoms with Crippen LogP contribution in [0, 0.1) is 5.92 Å². The van der Waals surface area contributed by atoms with Crippen molar-refractivity contribution < 1.29 is 31.5 Å². The Balaban J connectivity index is 1.87. The lowest BCUT2D eigenvalue weighted by molar-refractivity contribution is -0.190. The fraction of sp³-hybridized carbons (Fsp3) is 0.615. The summed E-state index contributed by atoms with van der Waals surface area (Å²) >= 11 is 0. The number of hydrogen-bond donors (Lipinski definition) is 1. The number of rotatable bonds is 5. The molecule has 0 aromatic carbocycles. The Morgan fingerprint density at radius 1 is 1.43 bits per heavy atom. The van der Waals surface area contributed by atoms with Crippen molar-refractivity contribution in [3.8, 4) is 5.88 Å². The van der Waals surface area contributed by atoms with E-state index in [-0.39, 0.29) is 18.1 Å².